The summed E-state index contributed by atoms with van der Waals surface area (Å²) in [7, 11) is 1.58. The number of nitrogens with one attached hydrogen (secondary N) is 2. The summed E-state index contributed by atoms with van der Waals surface area (Å²) in [6.45, 7) is 0. The van der Waals surface area contributed by atoms with Crippen molar-refractivity contribution in [2.45, 2.75) is 44.6 Å². The number of benzene rings is 1. The Labute approximate surface area is 141 Å². The van der Waals surface area contributed by atoms with Crippen molar-refractivity contribution in [1.29, 1.82) is 0 Å². The molecule has 6 heteroatoms. The van der Waals surface area contributed by atoms with E-state index in [9.17, 15) is 14.4 Å². The molecule has 1 aromatic rings. The van der Waals surface area contributed by atoms with Crippen LogP contribution in [0.3, 0.4) is 0 Å². The highest BCUT2D eigenvalue weighted by Crippen LogP contribution is 2.24. The van der Waals surface area contributed by atoms with Gasteiger partial charge in [-0.15, -0.1) is 0 Å². The summed E-state index contributed by atoms with van der Waals surface area (Å²) in [6, 6.07) is 7.32. The number of carboxylic acid groups (broad SMARTS) is 1. The molecule has 2 rings (SSSR count). The maximum atomic E-state index is 12.1. The van der Waals surface area contributed by atoms with Crippen LogP contribution in [0.1, 0.15) is 48.0 Å². The lowest BCUT2D eigenvalue weighted by Crippen LogP contribution is -2.38. The van der Waals surface area contributed by atoms with Gasteiger partial charge in [0.05, 0.1) is 5.92 Å². The van der Waals surface area contributed by atoms with Gasteiger partial charge in [-0.25, -0.2) is 0 Å². The minimum atomic E-state index is -0.740. The lowest BCUT2D eigenvalue weighted by atomic mass is 9.86. The van der Waals surface area contributed by atoms with Gasteiger partial charge in [-0.3, -0.25) is 14.4 Å². The van der Waals surface area contributed by atoms with E-state index in [1.54, 1.807) is 19.2 Å². The van der Waals surface area contributed by atoms with Crippen LogP contribution in [0.25, 0.3) is 0 Å². The van der Waals surface area contributed by atoms with E-state index in [0.717, 1.165) is 18.4 Å². The summed E-state index contributed by atoms with van der Waals surface area (Å²) in [5, 5.41) is 14.5. The van der Waals surface area contributed by atoms with E-state index < -0.39 is 5.97 Å². The molecule has 0 saturated heterocycles. The number of aliphatic carboxylic acids is 1. The van der Waals surface area contributed by atoms with Gasteiger partial charge in [-0.05, 0) is 49.8 Å². The quantitative estimate of drug-likeness (QED) is 0.739. The molecule has 0 aliphatic heterocycles. The first-order chi connectivity index (χ1) is 11.5. The summed E-state index contributed by atoms with van der Waals surface area (Å²) in [5.74, 6) is -1.18. The molecule has 3 N–H and O–H groups in total. The summed E-state index contributed by atoms with van der Waals surface area (Å²) in [6.07, 6.45) is 3.60. The van der Waals surface area contributed by atoms with Crippen molar-refractivity contribution in [1.82, 2.24) is 10.6 Å². The topological polar surface area (TPSA) is 95.5 Å². The van der Waals surface area contributed by atoms with Crippen molar-refractivity contribution in [2.24, 2.45) is 5.92 Å². The highest BCUT2D eigenvalue weighted by Gasteiger charge is 2.26. The van der Waals surface area contributed by atoms with Gasteiger partial charge in [0, 0.05) is 25.1 Å². The maximum absolute atomic E-state index is 12.1. The normalized spacial score (nSPS) is 20.2. The number of rotatable bonds is 6. The molecule has 0 heterocycles. The lowest BCUT2D eigenvalue weighted by Gasteiger charge is -2.26. The van der Waals surface area contributed by atoms with Crippen molar-refractivity contribution >= 4 is 17.8 Å². The van der Waals surface area contributed by atoms with Crippen LogP contribution in [0.2, 0.25) is 0 Å². The van der Waals surface area contributed by atoms with E-state index in [4.69, 9.17) is 5.11 Å². The largest absolute Gasteiger partial charge is 0.481 e. The highest BCUT2D eigenvalue weighted by atomic mass is 16.4. The van der Waals surface area contributed by atoms with Crippen LogP contribution in [0.5, 0.6) is 0 Å². The van der Waals surface area contributed by atoms with Crippen LogP contribution in [-0.2, 0) is 16.0 Å². The minimum Gasteiger partial charge on any atom is -0.481 e. The second-order valence-electron chi connectivity index (χ2n) is 6.23. The van der Waals surface area contributed by atoms with Crippen molar-refractivity contribution in [3.8, 4) is 0 Å². The van der Waals surface area contributed by atoms with Crippen LogP contribution in [0.15, 0.2) is 24.3 Å². The first kappa shape index (κ1) is 18.0. The van der Waals surface area contributed by atoms with Gasteiger partial charge in [0.2, 0.25) is 5.91 Å². The average Bonchev–Trinajstić information content (AvgIpc) is 2.60. The summed E-state index contributed by atoms with van der Waals surface area (Å²) in [4.78, 5) is 34.6. The average molecular weight is 332 g/mol. The molecule has 0 bridgehead atoms. The number of amides is 2. The molecule has 0 unspecified atom stereocenters. The Morgan fingerprint density at radius 3 is 2.50 bits per heavy atom. The molecule has 1 aliphatic rings. The molecule has 24 heavy (non-hydrogen) atoms. The second-order valence-corrected chi connectivity index (χ2v) is 6.23. The number of hydrogen-bond donors (Lipinski definition) is 3. The first-order valence-electron chi connectivity index (χ1n) is 8.32. The van der Waals surface area contributed by atoms with Crippen molar-refractivity contribution in [3.63, 3.8) is 0 Å². The zero-order valence-electron chi connectivity index (χ0n) is 13.9. The Bertz CT molecular complexity index is 607. The fraction of sp³-hybridized carbons (Fsp3) is 0.500. The smallest absolute Gasteiger partial charge is 0.306 e. The molecule has 1 fully saturated rings. The van der Waals surface area contributed by atoms with Crippen LogP contribution in [0.4, 0.5) is 0 Å². The van der Waals surface area contributed by atoms with E-state index in [1.165, 1.54) is 0 Å². The monoisotopic (exact) mass is 332 g/mol. The molecular weight excluding hydrogens is 308 g/mol. The molecule has 2 amide bonds. The third kappa shape index (κ3) is 5.08. The van der Waals surface area contributed by atoms with Crippen LogP contribution < -0.4 is 10.6 Å². The van der Waals surface area contributed by atoms with E-state index in [0.29, 0.717) is 31.2 Å². The number of carbonyl (C=O) groups excluding carboxylic acids is 2. The van der Waals surface area contributed by atoms with Gasteiger partial charge in [-0.1, -0.05) is 12.1 Å². The molecule has 0 atom stereocenters. The Balaban J connectivity index is 1.78. The second kappa shape index (κ2) is 8.47. The molecule has 0 aromatic heterocycles. The third-order valence-electron chi connectivity index (χ3n) is 4.50. The Morgan fingerprint density at radius 1 is 1.17 bits per heavy atom. The first-order valence-corrected chi connectivity index (χ1v) is 8.32. The molecule has 1 saturated carbocycles. The van der Waals surface area contributed by atoms with Crippen LogP contribution in [-0.4, -0.2) is 36.0 Å². The summed E-state index contributed by atoms with van der Waals surface area (Å²) >= 11 is 0. The van der Waals surface area contributed by atoms with Gasteiger partial charge < -0.3 is 15.7 Å². The SMILES string of the molecule is CNC(=O)c1cccc(CCC(=O)NC2CCC(C(=O)O)CC2)c1. The third-order valence-corrected chi connectivity index (χ3v) is 4.50. The van der Waals surface area contributed by atoms with Crippen LogP contribution in [0, 0.1) is 5.92 Å². The van der Waals surface area contributed by atoms with E-state index in [-0.39, 0.29) is 23.8 Å². The van der Waals surface area contributed by atoms with Crippen molar-refractivity contribution < 1.29 is 19.5 Å². The molecule has 0 spiro atoms. The molecule has 1 aliphatic carbocycles. The molecule has 1 aromatic carbocycles. The number of carboxylic acids is 1. The summed E-state index contributed by atoms with van der Waals surface area (Å²) in [5.41, 5.74) is 1.53. The van der Waals surface area contributed by atoms with Gasteiger partial charge >= 0.3 is 5.97 Å². The molecule has 130 valence electrons. The predicted octanol–water partition coefficient (Wildman–Crippen LogP) is 1.74. The number of aryl methyl sites for hydroxylation is 1. The lowest BCUT2D eigenvalue weighted by molar-refractivity contribution is -0.142. The Kier molecular flexibility index (Phi) is 6.35. The van der Waals surface area contributed by atoms with Crippen LogP contribution >= 0.6 is 0 Å². The van der Waals surface area contributed by atoms with E-state index in [2.05, 4.69) is 10.6 Å². The molecule has 0 radical (unpaired) electrons. The molecule has 6 nitrogen and oxygen atoms in total. The Hall–Kier alpha value is -2.37. The number of hydrogen-bond acceptors (Lipinski definition) is 3. The zero-order valence-corrected chi connectivity index (χ0v) is 13.9. The van der Waals surface area contributed by atoms with Gasteiger partial charge in [0.25, 0.3) is 5.91 Å². The standard InChI is InChI=1S/C18H24N2O4/c1-19-17(22)14-4-2-3-12(11-14)5-10-16(21)20-15-8-6-13(7-9-15)18(23)24/h2-4,11,13,15H,5-10H2,1H3,(H,19,22)(H,20,21)(H,23,24). The Morgan fingerprint density at radius 2 is 1.88 bits per heavy atom. The maximum Gasteiger partial charge on any atom is 0.306 e. The fourth-order valence-electron chi connectivity index (χ4n) is 3.05. The van der Waals surface area contributed by atoms with Crippen molar-refractivity contribution in [3.05, 3.63) is 35.4 Å². The minimum absolute atomic E-state index is 0.0286. The van der Waals surface area contributed by atoms with E-state index >= 15 is 0 Å². The predicted molar refractivity (Wildman–Crippen MR) is 89.7 cm³/mol. The highest BCUT2D eigenvalue weighted by molar-refractivity contribution is 5.94. The van der Waals surface area contributed by atoms with Gasteiger partial charge in [0.15, 0.2) is 0 Å². The number of carbonyl (C=O) groups is 3. The zero-order chi connectivity index (χ0) is 17.5. The van der Waals surface area contributed by atoms with Gasteiger partial charge in [-0.2, -0.15) is 0 Å². The fourth-order valence-corrected chi connectivity index (χ4v) is 3.05. The summed E-state index contributed by atoms with van der Waals surface area (Å²) < 4.78 is 0. The van der Waals surface area contributed by atoms with Gasteiger partial charge in [0.1, 0.15) is 0 Å². The molecular formula is C18H24N2O4. The van der Waals surface area contributed by atoms with Crippen molar-refractivity contribution in [2.75, 3.05) is 7.05 Å². The van der Waals surface area contributed by atoms with E-state index in [1.807, 2.05) is 12.1 Å².